The summed E-state index contributed by atoms with van der Waals surface area (Å²) in [7, 11) is 0. The third kappa shape index (κ3) is 7.23. The largest absolute Gasteiger partial charge is 0.352 e. The van der Waals surface area contributed by atoms with Crippen molar-refractivity contribution in [2.24, 2.45) is 0 Å². The van der Waals surface area contributed by atoms with Crippen LogP contribution in [0.4, 0.5) is 0 Å². The highest BCUT2D eigenvalue weighted by Crippen LogP contribution is 2.18. The molecule has 0 unspecified atom stereocenters. The molecule has 31 heavy (non-hydrogen) atoms. The minimum absolute atomic E-state index is 0.0222. The smallest absolute Gasteiger partial charge is 0.243 e. The van der Waals surface area contributed by atoms with E-state index in [1.54, 1.807) is 4.90 Å². The van der Waals surface area contributed by atoms with Crippen molar-refractivity contribution in [2.45, 2.75) is 85.4 Å². The highest BCUT2D eigenvalue weighted by atomic mass is 16.2. The van der Waals surface area contributed by atoms with Crippen molar-refractivity contribution in [1.82, 2.24) is 10.2 Å². The highest BCUT2D eigenvalue weighted by molar-refractivity contribution is 5.88. The summed E-state index contributed by atoms with van der Waals surface area (Å²) in [6.07, 6.45) is 3.53. The lowest BCUT2D eigenvalue weighted by Crippen LogP contribution is -2.50. The Morgan fingerprint density at radius 1 is 0.935 bits per heavy atom. The van der Waals surface area contributed by atoms with Gasteiger partial charge in [-0.15, -0.1) is 0 Å². The molecule has 0 aliphatic heterocycles. The van der Waals surface area contributed by atoms with Gasteiger partial charge >= 0.3 is 0 Å². The van der Waals surface area contributed by atoms with E-state index in [-0.39, 0.29) is 17.9 Å². The van der Waals surface area contributed by atoms with Gasteiger partial charge in [0.05, 0.1) is 0 Å². The summed E-state index contributed by atoms with van der Waals surface area (Å²) >= 11 is 0. The van der Waals surface area contributed by atoms with Gasteiger partial charge in [-0.3, -0.25) is 9.59 Å². The summed E-state index contributed by atoms with van der Waals surface area (Å²) < 4.78 is 0. The van der Waals surface area contributed by atoms with Crippen molar-refractivity contribution in [2.75, 3.05) is 0 Å². The Kier molecular flexibility index (Phi) is 9.77. The third-order valence-corrected chi connectivity index (χ3v) is 6.05. The lowest BCUT2D eigenvalue weighted by Gasteiger charge is -2.32. The van der Waals surface area contributed by atoms with E-state index in [9.17, 15) is 9.59 Å². The number of carbonyl (C=O) groups excluding carboxylic acids is 2. The van der Waals surface area contributed by atoms with E-state index < -0.39 is 6.04 Å². The maximum atomic E-state index is 13.4. The number of nitrogens with one attached hydrogen (secondary N) is 1. The summed E-state index contributed by atoms with van der Waals surface area (Å²) in [5.41, 5.74) is 4.66. The fraction of sp³-hybridized carbons (Fsp3) is 0.481. The van der Waals surface area contributed by atoms with Crippen LogP contribution in [0.5, 0.6) is 0 Å². The zero-order valence-electron chi connectivity index (χ0n) is 19.8. The van der Waals surface area contributed by atoms with Crippen LogP contribution in [0.25, 0.3) is 0 Å². The molecule has 4 nitrogen and oxygen atoms in total. The van der Waals surface area contributed by atoms with Gasteiger partial charge in [-0.05, 0) is 61.8 Å². The number of rotatable bonds is 11. The van der Waals surface area contributed by atoms with Gasteiger partial charge < -0.3 is 10.2 Å². The molecule has 0 saturated heterocycles. The maximum absolute atomic E-state index is 13.4. The molecular formula is C27H38N2O2. The molecule has 0 saturated carbocycles. The normalized spacial score (nSPS) is 12.8. The Labute approximate surface area is 188 Å². The first kappa shape index (κ1) is 24.6. The number of benzene rings is 2. The Bertz CT molecular complexity index is 845. The van der Waals surface area contributed by atoms with Gasteiger partial charge in [-0.1, -0.05) is 69.3 Å². The Morgan fingerprint density at radius 3 is 2.16 bits per heavy atom. The fourth-order valence-electron chi connectivity index (χ4n) is 3.67. The summed E-state index contributed by atoms with van der Waals surface area (Å²) in [5, 5.41) is 3.07. The van der Waals surface area contributed by atoms with E-state index >= 15 is 0 Å². The van der Waals surface area contributed by atoms with E-state index in [4.69, 9.17) is 0 Å². The average molecular weight is 423 g/mol. The van der Waals surface area contributed by atoms with Gasteiger partial charge in [-0.2, -0.15) is 0 Å². The quantitative estimate of drug-likeness (QED) is 0.540. The van der Waals surface area contributed by atoms with Crippen LogP contribution in [0.2, 0.25) is 0 Å². The maximum Gasteiger partial charge on any atom is 0.243 e. The number of hydrogen-bond donors (Lipinski definition) is 1. The molecule has 2 aromatic carbocycles. The number of nitrogens with zero attached hydrogens (tertiary/aromatic N) is 1. The summed E-state index contributed by atoms with van der Waals surface area (Å²) in [4.78, 5) is 28.1. The lowest BCUT2D eigenvalue weighted by atomic mass is 10.0. The van der Waals surface area contributed by atoms with Gasteiger partial charge in [0.15, 0.2) is 0 Å². The Balaban J connectivity index is 2.20. The topological polar surface area (TPSA) is 49.4 Å². The van der Waals surface area contributed by atoms with E-state index in [0.717, 1.165) is 29.5 Å². The number of carbonyl (C=O) groups is 2. The van der Waals surface area contributed by atoms with Crippen LogP contribution in [-0.2, 0) is 29.0 Å². The molecule has 0 spiro atoms. The van der Waals surface area contributed by atoms with Crippen molar-refractivity contribution in [3.63, 3.8) is 0 Å². The molecule has 0 fully saturated rings. The zero-order chi connectivity index (χ0) is 22.8. The van der Waals surface area contributed by atoms with Crippen LogP contribution in [-0.4, -0.2) is 28.8 Å². The second kappa shape index (κ2) is 12.3. The zero-order valence-corrected chi connectivity index (χ0v) is 19.8. The van der Waals surface area contributed by atoms with Gasteiger partial charge in [0, 0.05) is 19.0 Å². The molecule has 4 heteroatoms. The summed E-state index contributed by atoms with van der Waals surface area (Å²) in [6.45, 7) is 10.7. The molecule has 0 aliphatic carbocycles. The monoisotopic (exact) mass is 422 g/mol. The molecule has 2 rings (SSSR count). The van der Waals surface area contributed by atoms with Crippen molar-refractivity contribution >= 4 is 11.8 Å². The molecule has 0 heterocycles. The van der Waals surface area contributed by atoms with Crippen molar-refractivity contribution in [3.8, 4) is 0 Å². The van der Waals surface area contributed by atoms with E-state index in [2.05, 4.69) is 36.5 Å². The lowest BCUT2D eigenvalue weighted by molar-refractivity contribution is -0.141. The van der Waals surface area contributed by atoms with Crippen LogP contribution in [0.3, 0.4) is 0 Å². The first-order valence-electron chi connectivity index (χ1n) is 11.6. The van der Waals surface area contributed by atoms with Crippen LogP contribution in [0.15, 0.2) is 48.5 Å². The number of hydrogen-bond acceptors (Lipinski definition) is 2. The molecule has 168 valence electrons. The predicted molar refractivity (Wildman–Crippen MR) is 128 cm³/mol. The first-order chi connectivity index (χ1) is 14.9. The van der Waals surface area contributed by atoms with Crippen LogP contribution < -0.4 is 5.32 Å². The van der Waals surface area contributed by atoms with Crippen molar-refractivity contribution in [3.05, 3.63) is 70.8 Å². The van der Waals surface area contributed by atoms with Crippen molar-refractivity contribution in [1.29, 1.82) is 0 Å². The minimum Gasteiger partial charge on any atom is -0.352 e. The van der Waals surface area contributed by atoms with Gasteiger partial charge in [-0.25, -0.2) is 0 Å². The highest BCUT2D eigenvalue weighted by Gasteiger charge is 2.29. The van der Waals surface area contributed by atoms with Crippen LogP contribution >= 0.6 is 0 Å². The minimum atomic E-state index is -0.469. The summed E-state index contributed by atoms with van der Waals surface area (Å²) in [5.74, 6) is -0.0416. The van der Waals surface area contributed by atoms with Gasteiger partial charge in [0.1, 0.15) is 6.04 Å². The molecular weight excluding hydrogens is 384 g/mol. The molecule has 0 aromatic heterocycles. The number of amides is 2. The van der Waals surface area contributed by atoms with E-state index in [0.29, 0.717) is 25.8 Å². The molecule has 1 N–H and O–H groups in total. The molecule has 0 bridgehead atoms. The van der Waals surface area contributed by atoms with Crippen molar-refractivity contribution < 1.29 is 9.59 Å². The Morgan fingerprint density at radius 2 is 1.58 bits per heavy atom. The SMILES string of the molecule is CCc1ccc(CCC(=O)N(Cc2ccccc2C)[C@H](CC)C(=O)N[C@@H](C)CC)cc1. The first-order valence-corrected chi connectivity index (χ1v) is 11.6. The second-order valence-corrected chi connectivity index (χ2v) is 8.36. The molecule has 2 amide bonds. The van der Waals surface area contributed by atoms with Crippen LogP contribution in [0, 0.1) is 6.92 Å². The molecule has 2 aromatic rings. The number of aryl methyl sites for hydroxylation is 3. The van der Waals surface area contributed by atoms with E-state index in [1.807, 2.05) is 52.0 Å². The molecule has 0 aliphatic rings. The third-order valence-electron chi connectivity index (χ3n) is 6.05. The van der Waals surface area contributed by atoms with E-state index in [1.165, 1.54) is 5.56 Å². The standard InChI is InChI=1S/C27H38N2O2/c1-6-21(5)28-27(31)25(8-3)29(19-24-12-10-9-11-20(24)4)26(30)18-17-23-15-13-22(7-2)14-16-23/h9-16,21,25H,6-8,17-19H2,1-5H3,(H,28,31)/t21-,25+/m0/s1. The fourth-order valence-corrected chi connectivity index (χ4v) is 3.67. The second-order valence-electron chi connectivity index (χ2n) is 8.36. The summed E-state index contributed by atoms with van der Waals surface area (Å²) in [6, 6.07) is 16.1. The average Bonchev–Trinajstić information content (AvgIpc) is 2.78. The van der Waals surface area contributed by atoms with Gasteiger partial charge in [0.2, 0.25) is 11.8 Å². The molecule has 2 atom stereocenters. The van der Waals surface area contributed by atoms with Crippen LogP contribution in [0.1, 0.15) is 69.2 Å². The van der Waals surface area contributed by atoms with Gasteiger partial charge in [0.25, 0.3) is 0 Å². The predicted octanol–water partition coefficient (Wildman–Crippen LogP) is 5.21. The molecule has 0 radical (unpaired) electrons. The Hall–Kier alpha value is -2.62.